The monoisotopic (exact) mass is 349 g/mol. The second-order valence-electron chi connectivity index (χ2n) is 7.16. The molecule has 0 atom stereocenters. The summed E-state index contributed by atoms with van der Waals surface area (Å²) >= 11 is 0. The average molecular weight is 349 g/mol. The number of amides is 2. The van der Waals surface area contributed by atoms with Gasteiger partial charge in [-0.1, -0.05) is 6.08 Å². The molecule has 1 aliphatic heterocycles. The van der Waals surface area contributed by atoms with Crippen molar-refractivity contribution in [2.24, 2.45) is 0 Å². The molecule has 2 heterocycles. The van der Waals surface area contributed by atoms with Crippen LogP contribution in [-0.4, -0.2) is 59.6 Å². The summed E-state index contributed by atoms with van der Waals surface area (Å²) in [7, 11) is 3.20. The zero-order valence-corrected chi connectivity index (χ0v) is 15.3. The third kappa shape index (κ3) is 4.78. The lowest BCUT2D eigenvalue weighted by Crippen LogP contribution is -2.39. The molecule has 0 unspecified atom stereocenters. The second-order valence-corrected chi connectivity index (χ2v) is 7.16. The number of hydrogen-bond donors (Lipinski definition) is 0. The van der Waals surface area contributed by atoms with Crippen molar-refractivity contribution in [1.82, 2.24) is 14.8 Å². The van der Waals surface area contributed by atoms with E-state index < -0.39 is 11.4 Å². The molecule has 0 saturated carbocycles. The summed E-state index contributed by atoms with van der Waals surface area (Å²) in [4.78, 5) is 31.0. The summed E-state index contributed by atoms with van der Waals surface area (Å²) in [6, 6.07) is 1.20. The van der Waals surface area contributed by atoms with Crippen LogP contribution < -0.4 is 0 Å². The van der Waals surface area contributed by atoms with Crippen molar-refractivity contribution in [3.8, 4) is 0 Å². The van der Waals surface area contributed by atoms with Crippen LogP contribution in [0.2, 0.25) is 0 Å². The lowest BCUT2D eigenvalue weighted by molar-refractivity contribution is 0.0270. The number of halogens is 1. The van der Waals surface area contributed by atoms with Crippen LogP contribution >= 0.6 is 0 Å². The molecule has 0 aromatic carbocycles. The predicted octanol–water partition coefficient (Wildman–Crippen LogP) is 2.95. The van der Waals surface area contributed by atoms with Gasteiger partial charge in [0, 0.05) is 33.4 Å². The molecular weight excluding hydrogens is 325 g/mol. The number of aromatic nitrogens is 1. The predicted molar refractivity (Wildman–Crippen MR) is 92.6 cm³/mol. The molecule has 0 radical (unpaired) electrons. The van der Waals surface area contributed by atoms with E-state index in [1.807, 2.05) is 20.8 Å². The average Bonchev–Trinajstić information content (AvgIpc) is 2.52. The molecule has 2 amide bonds. The lowest BCUT2D eigenvalue weighted by Gasteiger charge is -2.29. The number of rotatable bonds is 2. The maximum Gasteiger partial charge on any atom is 0.410 e. The van der Waals surface area contributed by atoms with E-state index in [1.165, 1.54) is 17.2 Å². The molecule has 0 fully saturated rings. The number of carbonyl (C=O) groups is 2. The standard InChI is InChI=1S/C18H24FN3O3/c1-18(2,3)25-17(24)22-8-6-12(7-9-22)15-14(19)10-13(11-20-15)16(23)21(4)5/h6,10-11H,7-9H2,1-5H3. The van der Waals surface area contributed by atoms with Crippen molar-refractivity contribution in [2.75, 3.05) is 27.2 Å². The van der Waals surface area contributed by atoms with Crippen LogP contribution in [0.25, 0.3) is 5.57 Å². The van der Waals surface area contributed by atoms with Gasteiger partial charge in [0.1, 0.15) is 17.1 Å². The minimum Gasteiger partial charge on any atom is -0.444 e. The Morgan fingerprint density at radius 2 is 2.00 bits per heavy atom. The molecule has 1 aromatic heterocycles. The van der Waals surface area contributed by atoms with Gasteiger partial charge in [-0.05, 0) is 38.8 Å². The van der Waals surface area contributed by atoms with E-state index in [9.17, 15) is 14.0 Å². The van der Waals surface area contributed by atoms with Crippen molar-refractivity contribution >= 4 is 17.6 Å². The summed E-state index contributed by atoms with van der Waals surface area (Å²) in [5, 5.41) is 0. The molecule has 25 heavy (non-hydrogen) atoms. The SMILES string of the molecule is CN(C)C(=O)c1cnc(C2=CCN(C(=O)OC(C)(C)C)CC2)c(F)c1. The van der Waals surface area contributed by atoms with E-state index in [-0.39, 0.29) is 23.3 Å². The summed E-state index contributed by atoms with van der Waals surface area (Å²) in [5.41, 5.74) is 0.599. The maximum absolute atomic E-state index is 14.4. The number of nitrogens with zero attached hydrogens (tertiary/aromatic N) is 3. The van der Waals surface area contributed by atoms with Crippen LogP contribution in [-0.2, 0) is 4.74 Å². The van der Waals surface area contributed by atoms with Crippen LogP contribution in [0.15, 0.2) is 18.3 Å². The molecule has 6 nitrogen and oxygen atoms in total. The quantitative estimate of drug-likeness (QED) is 0.823. The Morgan fingerprint density at radius 1 is 1.32 bits per heavy atom. The minimum atomic E-state index is -0.552. The number of carbonyl (C=O) groups excluding carboxylic acids is 2. The van der Waals surface area contributed by atoms with Gasteiger partial charge in [0.15, 0.2) is 0 Å². The fourth-order valence-electron chi connectivity index (χ4n) is 2.43. The Hall–Kier alpha value is -2.44. The van der Waals surface area contributed by atoms with Crippen LogP contribution in [0.1, 0.15) is 43.2 Å². The topological polar surface area (TPSA) is 62.7 Å². The Bertz CT molecular complexity index is 708. The first-order valence-electron chi connectivity index (χ1n) is 8.13. The zero-order valence-electron chi connectivity index (χ0n) is 15.3. The molecule has 2 rings (SSSR count). The van der Waals surface area contributed by atoms with E-state index in [1.54, 1.807) is 25.1 Å². The lowest BCUT2D eigenvalue weighted by atomic mass is 10.0. The van der Waals surface area contributed by atoms with Gasteiger partial charge in [0.05, 0.1) is 5.56 Å². The van der Waals surface area contributed by atoms with Crippen molar-refractivity contribution in [2.45, 2.75) is 32.8 Å². The van der Waals surface area contributed by atoms with Crippen LogP contribution in [0, 0.1) is 5.82 Å². The van der Waals surface area contributed by atoms with Gasteiger partial charge < -0.3 is 14.5 Å². The van der Waals surface area contributed by atoms with E-state index >= 15 is 0 Å². The number of hydrogen-bond acceptors (Lipinski definition) is 4. The van der Waals surface area contributed by atoms with Crippen LogP contribution in [0.4, 0.5) is 9.18 Å². The summed E-state index contributed by atoms with van der Waals surface area (Å²) in [6.07, 6.45) is 3.24. The minimum absolute atomic E-state index is 0.207. The van der Waals surface area contributed by atoms with Gasteiger partial charge in [0.2, 0.25) is 0 Å². The van der Waals surface area contributed by atoms with Gasteiger partial charge >= 0.3 is 6.09 Å². The van der Waals surface area contributed by atoms with Crippen molar-refractivity contribution < 1.29 is 18.7 Å². The Kier molecular flexibility index (Phi) is 5.45. The maximum atomic E-state index is 14.4. The fraction of sp³-hybridized carbons (Fsp3) is 0.500. The molecular formula is C18H24FN3O3. The molecule has 0 saturated heterocycles. The number of pyridine rings is 1. The highest BCUT2D eigenvalue weighted by Crippen LogP contribution is 2.24. The first-order valence-corrected chi connectivity index (χ1v) is 8.13. The van der Waals surface area contributed by atoms with Gasteiger partial charge in [-0.2, -0.15) is 0 Å². The number of ether oxygens (including phenoxy) is 1. The summed E-state index contributed by atoms with van der Waals surface area (Å²) in [5.74, 6) is -0.837. The normalized spacial score (nSPS) is 14.8. The molecule has 0 spiro atoms. The third-order valence-corrected chi connectivity index (χ3v) is 3.66. The van der Waals surface area contributed by atoms with Gasteiger partial charge in [-0.15, -0.1) is 0 Å². The third-order valence-electron chi connectivity index (χ3n) is 3.66. The fourth-order valence-corrected chi connectivity index (χ4v) is 2.43. The van der Waals surface area contributed by atoms with Crippen molar-refractivity contribution in [3.63, 3.8) is 0 Å². The largest absolute Gasteiger partial charge is 0.444 e. The first kappa shape index (κ1) is 18.9. The molecule has 7 heteroatoms. The summed E-state index contributed by atoms with van der Waals surface area (Å²) in [6.45, 7) is 6.20. The van der Waals surface area contributed by atoms with Crippen molar-refractivity contribution in [1.29, 1.82) is 0 Å². The molecule has 136 valence electrons. The Labute approximate surface area is 147 Å². The zero-order chi connectivity index (χ0) is 18.8. The van der Waals surface area contributed by atoms with Crippen LogP contribution in [0.3, 0.4) is 0 Å². The van der Waals surface area contributed by atoms with Crippen molar-refractivity contribution in [3.05, 3.63) is 35.4 Å². The van der Waals surface area contributed by atoms with E-state index in [0.29, 0.717) is 19.5 Å². The smallest absolute Gasteiger partial charge is 0.410 e. The first-order chi connectivity index (χ1) is 11.6. The molecule has 1 aromatic rings. The molecule has 0 bridgehead atoms. The highest BCUT2D eigenvalue weighted by Gasteiger charge is 2.25. The second kappa shape index (κ2) is 7.21. The highest BCUT2D eigenvalue weighted by molar-refractivity contribution is 5.93. The van der Waals surface area contributed by atoms with E-state index in [2.05, 4.69) is 4.98 Å². The van der Waals surface area contributed by atoms with Gasteiger partial charge in [-0.3, -0.25) is 9.78 Å². The van der Waals surface area contributed by atoms with E-state index in [4.69, 9.17) is 4.74 Å². The van der Waals surface area contributed by atoms with Gasteiger partial charge in [-0.25, -0.2) is 9.18 Å². The highest BCUT2D eigenvalue weighted by atomic mass is 19.1. The Balaban J connectivity index is 2.11. The van der Waals surface area contributed by atoms with Gasteiger partial charge in [0.25, 0.3) is 5.91 Å². The molecule has 0 aliphatic carbocycles. The Morgan fingerprint density at radius 3 is 2.48 bits per heavy atom. The molecule has 1 aliphatic rings. The van der Waals surface area contributed by atoms with Crippen LogP contribution in [0.5, 0.6) is 0 Å². The van der Waals surface area contributed by atoms with E-state index in [0.717, 1.165) is 5.57 Å². The molecule has 0 N–H and O–H groups in total. The summed E-state index contributed by atoms with van der Waals surface area (Å²) < 4.78 is 19.7.